The third-order valence-electron chi connectivity index (χ3n) is 5.05. The number of anilines is 1. The average molecular weight is 442 g/mol. The van der Waals surface area contributed by atoms with Crippen molar-refractivity contribution in [2.75, 3.05) is 18.1 Å². The summed E-state index contributed by atoms with van der Waals surface area (Å²) in [6, 6.07) is 6.29. The van der Waals surface area contributed by atoms with Gasteiger partial charge in [-0.2, -0.15) is 0 Å². The maximum atomic E-state index is 14.3. The summed E-state index contributed by atoms with van der Waals surface area (Å²) in [5, 5.41) is 9.97. The molecule has 1 aromatic carbocycles. The molecular weight excluding hydrogens is 423 g/mol. The molecule has 0 bridgehead atoms. The molecule has 6 nitrogen and oxygen atoms in total. The number of amides is 2. The first-order valence-electron chi connectivity index (χ1n) is 8.99. The zero-order chi connectivity index (χ0) is 22.3. The number of benzene rings is 1. The van der Waals surface area contributed by atoms with Crippen LogP contribution in [0, 0.1) is 5.82 Å². The smallest absolute Gasteiger partial charge is 0.270 e. The summed E-state index contributed by atoms with van der Waals surface area (Å²) in [6.45, 7) is 0.805. The van der Waals surface area contributed by atoms with E-state index in [0.717, 1.165) is 29.0 Å². The number of aromatic nitrogens is 1. The lowest BCUT2D eigenvalue weighted by Crippen LogP contribution is -2.68. The topological polar surface area (TPSA) is 73.7 Å². The Labute approximate surface area is 175 Å². The molecule has 2 amide bonds. The van der Waals surface area contributed by atoms with Crippen LogP contribution in [0.1, 0.15) is 25.0 Å². The van der Waals surface area contributed by atoms with Gasteiger partial charge in [-0.25, -0.2) is 18.2 Å². The molecule has 0 radical (unpaired) electrons. The zero-order valence-corrected chi connectivity index (χ0v) is 17.0. The van der Waals surface area contributed by atoms with Crippen LogP contribution in [0.3, 0.4) is 0 Å². The molecule has 1 aromatic heterocycles. The van der Waals surface area contributed by atoms with Gasteiger partial charge in [-0.3, -0.25) is 14.5 Å². The van der Waals surface area contributed by atoms with Gasteiger partial charge in [0.15, 0.2) is 11.6 Å². The van der Waals surface area contributed by atoms with Crippen LogP contribution >= 0.6 is 11.6 Å². The van der Waals surface area contributed by atoms with E-state index < -0.39 is 42.2 Å². The van der Waals surface area contributed by atoms with Gasteiger partial charge in [-0.05, 0) is 18.6 Å². The van der Waals surface area contributed by atoms with Crippen LogP contribution < -0.4 is 4.90 Å². The third kappa shape index (κ3) is 3.99. The highest BCUT2D eigenvalue weighted by Gasteiger charge is 2.50. The van der Waals surface area contributed by atoms with Gasteiger partial charge in [0.25, 0.3) is 11.8 Å². The van der Waals surface area contributed by atoms with Crippen molar-refractivity contribution in [3.8, 4) is 0 Å². The van der Waals surface area contributed by atoms with Gasteiger partial charge >= 0.3 is 0 Å². The van der Waals surface area contributed by atoms with Crippen LogP contribution in [0.2, 0.25) is 5.02 Å². The summed E-state index contributed by atoms with van der Waals surface area (Å²) in [7, 11) is 0. The molecule has 1 fully saturated rings. The van der Waals surface area contributed by atoms with Crippen molar-refractivity contribution in [1.82, 2.24) is 9.88 Å². The molecule has 1 aliphatic heterocycles. The quantitative estimate of drug-likeness (QED) is 0.773. The zero-order valence-electron chi connectivity index (χ0n) is 16.2. The monoisotopic (exact) mass is 441 g/mol. The van der Waals surface area contributed by atoms with Crippen molar-refractivity contribution in [2.24, 2.45) is 0 Å². The highest BCUT2D eigenvalue weighted by molar-refractivity contribution is 6.30. The Kier molecular flexibility index (Phi) is 5.79. The minimum absolute atomic E-state index is 0.0275. The van der Waals surface area contributed by atoms with E-state index in [9.17, 15) is 27.9 Å². The Morgan fingerprint density at radius 1 is 1.27 bits per heavy atom. The molecule has 1 atom stereocenters. The van der Waals surface area contributed by atoms with Gasteiger partial charge in [-0.15, -0.1) is 0 Å². The number of carbonyl (C=O) groups is 2. The molecule has 0 spiro atoms. The summed E-state index contributed by atoms with van der Waals surface area (Å²) in [6.07, 6.45) is 1.14. The van der Waals surface area contributed by atoms with Crippen LogP contribution in [-0.2, 0) is 22.1 Å². The Balaban J connectivity index is 1.90. The van der Waals surface area contributed by atoms with Gasteiger partial charge in [0, 0.05) is 25.2 Å². The number of pyridine rings is 1. The Morgan fingerprint density at radius 2 is 1.90 bits per heavy atom. The van der Waals surface area contributed by atoms with Crippen molar-refractivity contribution in [3.05, 3.63) is 58.5 Å². The Morgan fingerprint density at radius 3 is 2.43 bits per heavy atom. The van der Waals surface area contributed by atoms with Gasteiger partial charge in [0.05, 0.1) is 11.6 Å². The molecule has 2 aromatic rings. The van der Waals surface area contributed by atoms with E-state index in [2.05, 4.69) is 4.98 Å². The molecule has 10 heteroatoms. The second-order valence-corrected chi connectivity index (χ2v) is 7.78. The fourth-order valence-electron chi connectivity index (χ4n) is 3.25. The van der Waals surface area contributed by atoms with E-state index >= 15 is 0 Å². The average Bonchev–Trinajstić information content (AvgIpc) is 2.68. The van der Waals surface area contributed by atoms with E-state index in [-0.39, 0.29) is 22.9 Å². The SMILES string of the molecule is CC(F)(F)c1ccc(CN2C(=O)CN(c3ncc(Cl)cc3F)C(=O)[C@]2(C)CO)cc1. The molecule has 1 saturated heterocycles. The first-order valence-corrected chi connectivity index (χ1v) is 9.37. The maximum Gasteiger partial charge on any atom is 0.270 e. The second-order valence-electron chi connectivity index (χ2n) is 7.35. The summed E-state index contributed by atoms with van der Waals surface area (Å²) in [5.41, 5.74) is -1.39. The minimum atomic E-state index is -3.01. The van der Waals surface area contributed by atoms with Gasteiger partial charge < -0.3 is 10.0 Å². The van der Waals surface area contributed by atoms with Crippen LogP contribution in [-0.4, -0.2) is 45.5 Å². The van der Waals surface area contributed by atoms with Gasteiger partial charge in [0.1, 0.15) is 12.1 Å². The van der Waals surface area contributed by atoms with Crippen molar-refractivity contribution in [2.45, 2.75) is 31.9 Å². The number of nitrogens with zero attached hydrogens (tertiary/aromatic N) is 3. The van der Waals surface area contributed by atoms with Crippen LogP contribution in [0.25, 0.3) is 0 Å². The lowest BCUT2D eigenvalue weighted by Gasteiger charge is -2.46. The fraction of sp³-hybridized carbons (Fsp3) is 0.350. The van der Waals surface area contributed by atoms with Crippen molar-refractivity contribution in [3.63, 3.8) is 0 Å². The van der Waals surface area contributed by atoms with Gasteiger partial charge in [-0.1, -0.05) is 35.9 Å². The summed E-state index contributed by atoms with van der Waals surface area (Å²) >= 11 is 5.69. The molecule has 2 heterocycles. The largest absolute Gasteiger partial charge is 0.393 e. The number of aliphatic hydroxyl groups excluding tert-OH is 1. The number of alkyl halides is 2. The van der Waals surface area contributed by atoms with E-state index in [1.165, 1.54) is 31.2 Å². The molecule has 160 valence electrons. The van der Waals surface area contributed by atoms with E-state index in [4.69, 9.17) is 11.6 Å². The molecular formula is C20H19ClF3N3O3. The number of rotatable bonds is 5. The lowest BCUT2D eigenvalue weighted by atomic mass is 9.94. The highest BCUT2D eigenvalue weighted by Crippen LogP contribution is 2.31. The normalized spacial score (nSPS) is 20.1. The first-order chi connectivity index (χ1) is 14.0. The molecule has 3 rings (SSSR count). The molecule has 30 heavy (non-hydrogen) atoms. The van der Waals surface area contributed by atoms with Crippen LogP contribution in [0.15, 0.2) is 36.5 Å². The summed E-state index contributed by atoms with van der Waals surface area (Å²) in [5.74, 6) is -5.55. The summed E-state index contributed by atoms with van der Waals surface area (Å²) in [4.78, 5) is 31.7. The van der Waals surface area contributed by atoms with E-state index in [1.807, 2.05) is 0 Å². The molecule has 0 aliphatic carbocycles. The minimum Gasteiger partial charge on any atom is -0.393 e. The molecule has 1 aliphatic rings. The van der Waals surface area contributed by atoms with Crippen LogP contribution in [0.5, 0.6) is 0 Å². The number of carbonyl (C=O) groups excluding carboxylic acids is 2. The number of hydrogen-bond donors (Lipinski definition) is 1. The Bertz CT molecular complexity index is 981. The number of piperazine rings is 1. The van der Waals surface area contributed by atoms with Crippen molar-refractivity contribution < 1.29 is 27.9 Å². The summed E-state index contributed by atoms with van der Waals surface area (Å²) < 4.78 is 41.1. The van der Waals surface area contributed by atoms with Crippen molar-refractivity contribution in [1.29, 1.82) is 0 Å². The van der Waals surface area contributed by atoms with Crippen molar-refractivity contribution >= 4 is 29.2 Å². The number of hydrogen-bond acceptors (Lipinski definition) is 4. The number of halogens is 4. The molecule has 0 unspecified atom stereocenters. The predicted molar refractivity (Wildman–Crippen MR) is 104 cm³/mol. The molecule has 0 saturated carbocycles. The Hall–Kier alpha value is -2.65. The van der Waals surface area contributed by atoms with E-state index in [1.54, 1.807) is 0 Å². The van der Waals surface area contributed by atoms with Gasteiger partial charge in [0.2, 0.25) is 5.91 Å². The first kappa shape index (κ1) is 22.0. The maximum absolute atomic E-state index is 14.3. The predicted octanol–water partition coefficient (Wildman–Crippen LogP) is 3.11. The van der Waals surface area contributed by atoms with Crippen LogP contribution in [0.4, 0.5) is 19.0 Å². The fourth-order valence-corrected chi connectivity index (χ4v) is 3.40. The third-order valence-corrected chi connectivity index (χ3v) is 5.26. The lowest BCUT2D eigenvalue weighted by molar-refractivity contribution is -0.153. The highest BCUT2D eigenvalue weighted by atomic mass is 35.5. The second kappa shape index (κ2) is 7.88. The van der Waals surface area contributed by atoms with E-state index in [0.29, 0.717) is 5.56 Å². The molecule has 1 N–H and O–H groups in total. The number of aliphatic hydroxyl groups is 1. The standard InChI is InChI=1S/C20H19ClF3N3O3/c1-19(11-28)18(30)26(17-15(22)7-14(21)8-25-17)10-16(29)27(19)9-12-3-5-13(6-4-12)20(2,23)24/h3-8,28H,9-11H2,1-2H3/t19-/m0/s1.